The summed E-state index contributed by atoms with van der Waals surface area (Å²) in [6.07, 6.45) is 27.8. The zero-order valence-corrected chi connectivity index (χ0v) is 49.1. The van der Waals surface area contributed by atoms with Gasteiger partial charge in [0, 0.05) is 84.5 Å². The molecule has 13 nitrogen and oxygen atoms in total. The van der Waals surface area contributed by atoms with E-state index < -0.39 is 0 Å². The third-order valence-electron chi connectivity index (χ3n) is 16.3. The number of amides is 2. The molecule has 79 heavy (non-hydrogen) atoms. The Morgan fingerprint density at radius 1 is 0.633 bits per heavy atom. The molecule has 6 aromatic rings. The van der Waals surface area contributed by atoms with Crippen molar-refractivity contribution in [2.24, 2.45) is 0 Å². The number of fused-ring (bicyclic) bond motifs is 2. The Balaban J connectivity index is 1.07. The maximum atomic E-state index is 14.3. The van der Waals surface area contributed by atoms with Crippen molar-refractivity contribution < 1.29 is 23.8 Å². The van der Waals surface area contributed by atoms with Crippen molar-refractivity contribution in [3.63, 3.8) is 0 Å². The molecule has 4 aromatic heterocycles. The Bertz CT molecular complexity index is 2900. The fourth-order valence-electron chi connectivity index (χ4n) is 11.6. The molecule has 0 bridgehead atoms. The highest BCUT2D eigenvalue weighted by atomic mass is 16.5. The van der Waals surface area contributed by atoms with Crippen LogP contribution < -0.4 is 14.2 Å². The predicted molar refractivity (Wildman–Crippen MR) is 322 cm³/mol. The first-order valence-electron chi connectivity index (χ1n) is 30.4. The van der Waals surface area contributed by atoms with E-state index in [-0.39, 0.29) is 17.9 Å². The second-order valence-corrected chi connectivity index (χ2v) is 22.2. The van der Waals surface area contributed by atoms with Crippen LogP contribution in [0, 0.1) is 6.92 Å². The molecule has 2 aliphatic heterocycles. The summed E-state index contributed by atoms with van der Waals surface area (Å²) in [6, 6.07) is 20.8. The topological polar surface area (TPSA) is 109 Å². The number of ether oxygens (including phenoxy) is 3. The van der Waals surface area contributed by atoms with E-state index in [2.05, 4.69) is 97.9 Å². The van der Waals surface area contributed by atoms with Crippen molar-refractivity contribution in [3.8, 4) is 39.8 Å². The number of methoxy groups -OCH3 is 2. The highest BCUT2D eigenvalue weighted by Crippen LogP contribution is 2.43. The first kappa shape index (κ1) is 59.0. The SMILES string of the molecule is CCCCCN(CCCCC)C(=O)c1ccn2nc(-c3ccc(C)cc3)c(/C=C/CN3CCCCC3COc3cc(-c4nn5ccc(C(=O)N(CCCC)CCCC)cc5c4CCCN4CCCCC4)cc(OC)c3OC)c2c1. The van der Waals surface area contributed by atoms with Gasteiger partial charge in [0.05, 0.1) is 30.9 Å². The van der Waals surface area contributed by atoms with E-state index in [0.29, 0.717) is 35.0 Å². The number of hydrogen-bond donors (Lipinski definition) is 0. The third-order valence-corrected chi connectivity index (χ3v) is 16.3. The number of piperidine rings is 2. The number of nitrogens with zero attached hydrogens (tertiary/aromatic N) is 8. The number of aromatic nitrogens is 4. The van der Waals surface area contributed by atoms with Crippen LogP contribution in [0.4, 0.5) is 0 Å². The van der Waals surface area contributed by atoms with Gasteiger partial charge >= 0.3 is 0 Å². The van der Waals surface area contributed by atoms with Gasteiger partial charge in [-0.3, -0.25) is 14.5 Å². The molecule has 1 atom stereocenters. The van der Waals surface area contributed by atoms with E-state index in [1.165, 1.54) is 24.8 Å². The van der Waals surface area contributed by atoms with Crippen LogP contribution in [0.3, 0.4) is 0 Å². The summed E-state index contributed by atoms with van der Waals surface area (Å²) < 4.78 is 22.9. The molecule has 2 aliphatic rings. The van der Waals surface area contributed by atoms with Gasteiger partial charge in [-0.05, 0) is 134 Å². The van der Waals surface area contributed by atoms with E-state index in [4.69, 9.17) is 24.4 Å². The monoisotopic (exact) mass is 1080 g/mol. The Hall–Kier alpha value is -6.18. The second kappa shape index (κ2) is 29.9. The molecular weight excluding hydrogens is 985 g/mol. The van der Waals surface area contributed by atoms with E-state index in [1.807, 2.05) is 50.6 Å². The molecule has 0 saturated carbocycles. The van der Waals surface area contributed by atoms with Gasteiger partial charge in [0.15, 0.2) is 11.5 Å². The molecule has 6 heterocycles. The molecule has 0 N–H and O–H groups in total. The zero-order valence-electron chi connectivity index (χ0n) is 49.1. The van der Waals surface area contributed by atoms with Crippen LogP contribution in [-0.4, -0.2) is 136 Å². The van der Waals surface area contributed by atoms with Crippen LogP contribution in [-0.2, 0) is 6.42 Å². The lowest BCUT2D eigenvalue weighted by atomic mass is 10.00. The van der Waals surface area contributed by atoms with Crippen molar-refractivity contribution in [1.82, 2.24) is 38.8 Å². The summed E-state index contributed by atoms with van der Waals surface area (Å²) in [6.45, 7) is 19.4. The predicted octanol–water partition coefficient (Wildman–Crippen LogP) is 13.9. The molecule has 2 amide bonds. The van der Waals surface area contributed by atoms with Gasteiger partial charge < -0.3 is 28.9 Å². The fraction of sp³-hybridized carbons (Fsp3) is 0.545. The molecule has 0 radical (unpaired) electrons. The first-order valence-corrected chi connectivity index (χ1v) is 30.4. The average Bonchev–Trinajstić information content (AvgIpc) is 4.24. The van der Waals surface area contributed by atoms with E-state index in [9.17, 15) is 9.59 Å². The lowest BCUT2D eigenvalue weighted by Crippen LogP contribution is -2.43. The minimum Gasteiger partial charge on any atom is -0.493 e. The van der Waals surface area contributed by atoms with Gasteiger partial charge in [0.25, 0.3) is 11.8 Å². The van der Waals surface area contributed by atoms with Crippen molar-refractivity contribution in [1.29, 1.82) is 0 Å². The summed E-state index contributed by atoms with van der Waals surface area (Å²) in [4.78, 5) is 37.7. The third kappa shape index (κ3) is 15.2. The molecule has 8 rings (SSSR count). The molecule has 2 aromatic carbocycles. The number of benzene rings is 2. The second-order valence-electron chi connectivity index (χ2n) is 22.2. The standard InChI is InChI=1S/C66H92N8O5/c1-8-12-18-40-72(41-19-13-9-2)66(76)53-32-43-73-58(45-53)56(62(67-73)51-30-28-50(5)29-31-51)27-24-42-70-39-22-17-25-55(70)49-79-61-48-54(47-60(77-6)64(61)78-7)63-57(26-23-36-69-34-20-16-21-35-69)59-46-52(33-44-74(59)68-63)65(75)71(37-14-10-3)38-15-11-4/h24,27-33,43-48,55H,8-23,25-26,34-42,49H2,1-7H3/b27-24+. The van der Waals surface area contributed by atoms with Gasteiger partial charge in [-0.15, -0.1) is 0 Å². The number of rotatable bonds is 30. The zero-order chi connectivity index (χ0) is 55.5. The molecule has 426 valence electrons. The van der Waals surface area contributed by atoms with Gasteiger partial charge in [-0.1, -0.05) is 121 Å². The van der Waals surface area contributed by atoms with Gasteiger partial charge in [-0.2, -0.15) is 10.2 Å². The summed E-state index contributed by atoms with van der Waals surface area (Å²) in [5.74, 6) is 1.92. The number of carbonyl (C=O) groups is 2. The van der Waals surface area contributed by atoms with Crippen LogP contribution >= 0.6 is 0 Å². The number of likely N-dealkylation sites (tertiary alicyclic amines) is 2. The van der Waals surface area contributed by atoms with Crippen LogP contribution in [0.2, 0.25) is 0 Å². The first-order chi connectivity index (χ1) is 38.7. The summed E-state index contributed by atoms with van der Waals surface area (Å²) in [7, 11) is 3.35. The molecule has 2 saturated heterocycles. The summed E-state index contributed by atoms with van der Waals surface area (Å²) in [5.41, 5.74) is 10.3. The highest BCUT2D eigenvalue weighted by Gasteiger charge is 2.27. The average molecular weight is 1080 g/mol. The van der Waals surface area contributed by atoms with Gasteiger partial charge in [-0.25, -0.2) is 9.03 Å². The number of hydrogen-bond acceptors (Lipinski definition) is 9. The van der Waals surface area contributed by atoms with Crippen LogP contribution in [0.25, 0.3) is 39.6 Å². The van der Waals surface area contributed by atoms with Crippen molar-refractivity contribution >= 4 is 28.9 Å². The van der Waals surface area contributed by atoms with Crippen molar-refractivity contribution in [2.75, 3.05) is 79.7 Å². The smallest absolute Gasteiger partial charge is 0.253 e. The quantitative estimate of drug-likeness (QED) is 0.0407. The normalized spacial score (nSPS) is 15.4. The lowest BCUT2D eigenvalue weighted by molar-refractivity contribution is 0.0743. The van der Waals surface area contributed by atoms with E-state index in [1.54, 1.807) is 14.2 Å². The Morgan fingerprint density at radius 3 is 1.86 bits per heavy atom. The molecule has 13 heteroatoms. The van der Waals surface area contributed by atoms with Crippen molar-refractivity contribution in [3.05, 3.63) is 107 Å². The Morgan fingerprint density at radius 2 is 1.23 bits per heavy atom. The number of carbonyl (C=O) groups excluding carboxylic acids is 2. The molecular formula is C66H92N8O5. The molecule has 0 aliphatic carbocycles. The maximum Gasteiger partial charge on any atom is 0.253 e. The maximum absolute atomic E-state index is 14.3. The number of unbranched alkanes of at least 4 members (excludes halogenated alkanes) is 6. The summed E-state index contributed by atoms with van der Waals surface area (Å²) in [5, 5.41) is 10.4. The largest absolute Gasteiger partial charge is 0.493 e. The number of aryl methyl sites for hydroxylation is 2. The number of pyridine rings is 2. The highest BCUT2D eigenvalue weighted by molar-refractivity contribution is 5.97. The van der Waals surface area contributed by atoms with Crippen LogP contribution in [0.15, 0.2) is 79.1 Å². The van der Waals surface area contributed by atoms with Gasteiger partial charge in [0.1, 0.15) is 12.3 Å². The lowest BCUT2D eigenvalue weighted by Gasteiger charge is -2.34. The van der Waals surface area contributed by atoms with Gasteiger partial charge in [0.2, 0.25) is 5.75 Å². The summed E-state index contributed by atoms with van der Waals surface area (Å²) >= 11 is 0. The van der Waals surface area contributed by atoms with Crippen LogP contribution in [0.1, 0.15) is 174 Å². The molecule has 0 spiro atoms. The fourth-order valence-corrected chi connectivity index (χ4v) is 11.6. The molecule has 1 unspecified atom stereocenters. The minimum atomic E-state index is 0.0858. The Kier molecular flexibility index (Phi) is 22.3. The van der Waals surface area contributed by atoms with E-state index in [0.717, 1.165) is 200 Å². The minimum absolute atomic E-state index is 0.0858. The van der Waals surface area contributed by atoms with Crippen molar-refractivity contribution in [2.45, 2.75) is 156 Å². The Labute approximate surface area is 472 Å². The van der Waals surface area contributed by atoms with E-state index >= 15 is 0 Å². The van der Waals surface area contributed by atoms with Crippen LogP contribution in [0.5, 0.6) is 17.2 Å². The molecule has 2 fully saturated rings.